The molecule has 19 heavy (non-hydrogen) atoms. The summed E-state index contributed by atoms with van der Waals surface area (Å²) in [5.41, 5.74) is 0. The lowest BCUT2D eigenvalue weighted by molar-refractivity contribution is -0.129. The highest BCUT2D eigenvalue weighted by molar-refractivity contribution is 7.98. The lowest BCUT2D eigenvalue weighted by atomic mass is 10.3. The molecule has 0 spiro atoms. The van der Waals surface area contributed by atoms with Gasteiger partial charge in [0.05, 0.1) is 0 Å². The number of piperazine rings is 1. The number of anilines is 2. The van der Waals surface area contributed by atoms with Crippen LogP contribution in [-0.2, 0) is 4.79 Å². The Morgan fingerprint density at radius 2 is 2.00 bits per heavy atom. The molecule has 1 aliphatic rings. The van der Waals surface area contributed by atoms with Crippen LogP contribution in [0.1, 0.15) is 6.92 Å². The third-order valence-electron chi connectivity index (χ3n) is 3.18. The molecule has 1 aromatic heterocycles. The molecular weight excluding hydrogens is 262 g/mol. The summed E-state index contributed by atoms with van der Waals surface area (Å²) in [6.07, 6.45) is 1.96. The van der Waals surface area contributed by atoms with E-state index in [9.17, 15) is 4.79 Å². The fourth-order valence-corrected chi connectivity index (χ4v) is 2.42. The molecule has 1 amide bonds. The molecule has 2 rings (SSSR count). The van der Waals surface area contributed by atoms with Gasteiger partial charge in [0.2, 0.25) is 5.91 Å². The second-order valence-corrected chi connectivity index (χ2v) is 5.11. The maximum Gasteiger partial charge on any atom is 0.219 e. The summed E-state index contributed by atoms with van der Waals surface area (Å²) in [5.74, 6) is 1.89. The average molecular weight is 281 g/mol. The number of hydrogen-bond acceptors (Lipinski definition) is 6. The van der Waals surface area contributed by atoms with Crippen molar-refractivity contribution in [3.8, 4) is 0 Å². The van der Waals surface area contributed by atoms with Crippen molar-refractivity contribution in [2.45, 2.75) is 12.1 Å². The number of carbonyl (C=O) groups excluding carboxylic acids is 1. The van der Waals surface area contributed by atoms with Crippen LogP contribution in [-0.4, -0.2) is 60.3 Å². The van der Waals surface area contributed by atoms with Gasteiger partial charge in [0.25, 0.3) is 0 Å². The van der Waals surface area contributed by atoms with E-state index in [2.05, 4.69) is 20.2 Å². The number of hydrogen-bond donors (Lipinski definition) is 1. The molecule has 2 heterocycles. The van der Waals surface area contributed by atoms with Gasteiger partial charge in [0, 0.05) is 46.2 Å². The van der Waals surface area contributed by atoms with Gasteiger partial charge < -0.3 is 15.1 Å². The van der Waals surface area contributed by atoms with Gasteiger partial charge in [-0.1, -0.05) is 11.8 Å². The minimum absolute atomic E-state index is 0.142. The van der Waals surface area contributed by atoms with Crippen LogP contribution in [0.5, 0.6) is 0 Å². The van der Waals surface area contributed by atoms with E-state index in [1.54, 1.807) is 6.92 Å². The molecule has 1 aromatic rings. The molecule has 6 nitrogen and oxygen atoms in total. The minimum Gasteiger partial charge on any atom is -0.373 e. The number of carbonyl (C=O) groups is 1. The topological polar surface area (TPSA) is 61.4 Å². The molecule has 0 aromatic carbocycles. The van der Waals surface area contributed by atoms with Crippen LogP contribution >= 0.6 is 11.8 Å². The largest absolute Gasteiger partial charge is 0.373 e. The molecule has 1 N–H and O–H groups in total. The Hall–Kier alpha value is -1.50. The number of nitrogens with one attached hydrogen (secondary N) is 1. The predicted octanol–water partition coefficient (Wildman–Crippen LogP) is 0.909. The normalized spacial score (nSPS) is 15.5. The quantitative estimate of drug-likeness (QED) is 0.656. The smallest absolute Gasteiger partial charge is 0.219 e. The fourth-order valence-electron chi connectivity index (χ4n) is 2.04. The van der Waals surface area contributed by atoms with Crippen molar-refractivity contribution in [3.63, 3.8) is 0 Å². The second kappa shape index (κ2) is 6.10. The molecule has 1 saturated heterocycles. The molecule has 0 radical (unpaired) electrons. The Labute approximate surface area is 117 Å². The molecule has 1 aliphatic heterocycles. The van der Waals surface area contributed by atoms with Crippen molar-refractivity contribution < 1.29 is 4.79 Å². The van der Waals surface area contributed by atoms with E-state index in [0.717, 1.165) is 43.0 Å². The maximum absolute atomic E-state index is 11.3. The first kappa shape index (κ1) is 13.9. The summed E-state index contributed by atoms with van der Waals surface area (Å²) < 4.78 is 0. The fraction of sp³-hybridized carbons (Fsp3) is 0.583. The number of thioether (sulfide) groups is 1. The first-order valence-electron chi connectivity index (χ1n) is 6.25. The Morgan fingerprint density at radius 1 is 1.32 bits per heavy atom. The number of aromatic nitrogens is 2. The molecule has 1 fully saturated rings. The highest BCUT2D eigenvalue weighted by atomic mass is 32.2. The van der Waals surface area contributed by atoms with Gasteiger partial charge >= 0.3 is 0 Å². The van der Waals surface area contributed by atoms with E-state index >= 15 is 0 Å². The van der Waals surface area contributed by atoms with Gasteiger partial charge in [0.15, 0.2) is 5.16 Å². The van der Waals surface area contributed by atoms with E-state index in [1.807, 2.05) is 24.3 Å². The van der Waals surface area contributed by atoms with Crippen LogP contribution in [0.2, 0.25) is 0 Å². The van der Waals surface area contributed by atoms with Crippen LogP contribution in [0.15, 0.2) is 11.2 Å². The first-order chi connectivity index (χ1) is 9.13. The van der Waals surface area contributed by atoms with Gasteiger partial charge in [-0.25, -0.2) is 9.97 Å². The molecule has 0 bridgehead atoms. The second-order valence-electron chi connectivity index (χ2n) is 4.34. The van der Waals surface area contributed by atoms with Crippen molar-refractivity contribution >= 4 is 29.3 Å². The van der Waals surface area contributed by atoms with Gasteiger partial charge in [-0.2, -0.15) is 0 Å². The minimum atomic E-state index is 0.142. The van der Waals surface area contributed by atoms with E-state index < -0.39 is 0 Å². The van der Waals surface area contributed by atoms with Crippen LogP contribution in [0.4, 0.5) is 11.6 Å². The van der Waals surface area contributed by atoms with E-state index in [-0.39, 0.29) is 5.91 Å². The summed E-state index contributed by atoms with van der Waals surface area (Å²) in [6, 6.07) is 1.95. The van der Waals surface area contributed by atoms with E-state index in [1.165, 1.54) is 11.8 Å². The molecule has 0 saturated carbocycles. The summed E-state index contributed by atoms with van der Waals surface area (Å²) in [5, 5.41) is 3.81. The van der Waals surface area contributed by atoms with Gasteiger partial charge in [-0.15, -0.1) is 0 Å². The zero-order chi connectivity index (χ0) is 13.8. The first-order valence-corrected chi connectivity index (χ1v) is 7.48. The molecule has 0 unspecified atom stereocenters. The third-order valence-corrected chi connectivity index (χ3v) is 3.73. The molecule has 0 atom stereocenters. The van der Waals surface area contributed by atoms with Crippen molar-refractivity contribution in [2.75, 3.05) is 49.7 Å². The maximum atomic E-state index is 11.3. The van der Waals surface area contributed by atoms with E-state index in [4.69, 9.17) is 0 Å². The van der Waals surface area contributed by atoms with Crippen molar-refractivity contribution in [3.05, 3.63) is 6.07 Å². The SMILES string of the molecule is CNc1cc(N2CCN(C(C)=O)CC2)nc(SC)n1. The van der Waals surface area contributed by atoms with Crippen molar-refractivity contribution in [1.82, 2.24) is 14.9 Å². The Kier molecular flexibility index (Phi) is 4.47. The monoisotopic (exact) mass is 281 g/mol. The van der Waals surface area contributed by atoms with Crippen LogP contribution in [0, 0.1) is 0 Å². The zero-order valence-corrected chi connectivity index (χ0v) is 12.3. The van der Waals surface area contributed by atoms with E-state index in [0.29, 0.717) is 0 Å². The highest BCUT2D eigenvalue weighted by Crippen LogP contribution is 2.21. The summed E-state index contributed by atoms with van der Waals surface area (Å²) in [6.45, 7) is 4.75. The summed E-state index contributed by atoms with van der Waals surface area (Å²) in [4.78, 5) is 24.3. The van der Waals surface area contributed by atoms with Crippen molar-refractivity contribution in [1.29, 1.82) is 0 Å². The number of rotatable bonds is 3. The highest BCUT2D eigenvalue weighted by Gasteiger charge is 2.20. The molecule has 0 aliphatic carbocycles. The van der Waals surface area contributed by atoms with Gasteiger partial charge in [-0.05, 0) is 6.26 Å². The third kappa shape index (κ3) is 3.28. The predicted molar refractivity (Wildman–Crippen MR) is 77.8 cm³/mol. The Morgan fingerprint density at radius 3 is 2.53 bits per heavy atom. The standard InChI is InChI=1S/C12H19N5OS/c1-9(18)16-4-6-17(7-5-16)11-8-10(13-2)14-12(15-11)19-3/h8H,4-7H2,1-3H3,(H,13,14,15). The Bertz CT molecular complexity index is 437. The van der Waals surface area contributed by atoms with Gasteiger partial charge in [0.1, 0.15) is 11.6 Å². The Balaban J connectivity index is 2.12. The van der Waals surface area contributed by atoms with Gasteiger partial charge in [-0.3, -0.25) is 4.79 Å². The lowest BCUT2D eigenvalue weighted by Crippen LogP contribution is -2.48. The zero-order valence-electron chi connectivity index (χ0n) is 11.5. The van der Waals surface area contributed by atoms with Crippen LogP contribution in [0.3, 0.4) is 0 Å². The molecule has 7 heteroatoms. The summed E-state index contributed by atoms with van der Waals surface area (Å²) >= 11 is 1.53. The molecular formula is C12H19N5OS. The van der Waals surface area contributed by atoms with Crippen LogP contribution in [0.25, 0.3) is 0 Å². The van der Waals surface area contributed by atoms with Crippen molar-refractivity contribution in [2.24, 2.45) is 0 Å². The summed E-state index contributed by atoms with van der Waals surface area (Å²) in [7, 11) is 1.85. The number of amides is 1. The van der Waals surface area contributed by atoms with Crippen LogP contribution < -0.4 is 10.2 Å². The number of nitrogens with zero attached hydrogens (tertiary/aromatic N) is 4. The molecule has 104 valence electrons. The lowest BCUT2D eigenvalue weighted by Gasteiger charge is -2.35. The average Bonchev–Trinajstić information content (AvgIpc) is 2.46.